The van der Waals surface area contributed by atoms with Gasteiger partial charge in [-0.15, -0.1) is 0 Å². The van der Waals surface area contributed by atoms with Gasteiger partial charge in [0.1, 0.15) is 0 Å². The van der Waals surface area contributed by atoms with Crippen molar-refractivity contribution in [2.24, 2.45) is 0 Å². The third-order valence-corrected chi connectivity index (χ3v) is 4.54. The molecule has 1 rings (SSSR count). The van der Waals surface area contributed by atoms with Crippen LogP contribution in [0.2, 0.25) is 0 Å². The fourth-order valence-electron chi connectivity index (χ4n) is 1.39. The zero-order valence-electron chi connectivity index (χ0n) is 10.9. The summed E-state index contributed by atoms with van der Waals surface area (Å²) >= 11 is 0. The lowest BCUT2D eigenvalue weighted by Gasteiger charge is -2.23. The van der Waals surface area contributed by atoms with E-state index in [2.05, 4.69) is 4.98 Å². The SMILES string of the molecule is COCC(C)N(C)S(=O)(=O)c1ccc(C(=O)O)cn1. The Labute approximate surface area is 111 Å². The molecule has 106 valence electrons. The summed E-state index contributed by atoms with van der Waals surface area (Å²) < 4.78 is 30.4. The van der Waals surface area contributed by atoms with E-state index in [-0.39, 0.29) is 23.2 Å². The lowest BCUT2D eigenvalue weighted by Crippen LogP contribution is -2.38. The molecule has 0 amide bonds. The van der Waals surface area contributed by atoms with Crippen molar-refractivity contribution in [3.8, 4) is 0 Å². The van der Waals surface area contributed by atoms with Gasteiger partial charge in [0.2, 0.25) is 0 Å². The summed E-state index contributed by atoms with van der Waals surface area (Å²) in [6, 6.07) is 2.03. The summed E-state index contributed by atoms with van der Waals surface area (Å²) in [5.41, 5.74) is -0.0634. The predicted molar refractivity (Wildman–Crippen MR) is 67.5 cm³/mol. The Kier molecular flexibility index (Phi) is 4.98. The Hall–Kier alpha value is -1.51. The van der Waals surface area contributed by atoms with Crippen LogP contribution in [0.1, 0.15) is 17.3 Å². The first-order valence-electron chi connectivity index (χ1n) is 5.47. The largest absolute Gasteiger partial charge is 0.478 e. The second-order valence-electron chi connectivity index (χ2n) is 4.02. The molecular weight excluding hydrogens is 272 g/mol. The van der Waals surface area contributed by atoms with Crippen molar-refractivity contribution >= 4 is 16.0 Å². The molecule has 1 aromatic rings. The van der Waals surface area contributed by atoms with Crippen LogP contribution >= 0.6 is 0 Å². The Morgan fingerprint density at radius 3 is 2.58 bits per heavy atom. The molecule has 1 atom stereocenters. The first-order chi connectivity index (χ1) is 8.80. The first-order valence-corrected chi connectivity index (χ1v) is 6.91. The number of rotatable bonds is 6. The predicted octanol–water partition coefficient (Wildman–Crippen LogP) is 0.435. The minimum absolute atomic E-state index is 0.0634. The van der Waals surface area contributed by atoms with Gasteiger partial charge in [0.15, 0.2) is 5.03 Å². The fraction of sp³-hybridized carbons (Fsp3) is 0.455. The minimum Gasteiger partial charge on any atom is -0.478 e. The van der Waals surface area contributed by atoms with Crippen LogP contribution in [0, 0.1) is 0 Å². The zero-order valence-corrected chi connectivity index (χ0v) is 11.7. The molecule has 0 aliphatic rings. The molecule has 0 radical (unpaired) electrons. The molecule has 1 aromatic heterocycles. The molecule has 0 aromatic carbocycles. The number of pyridine rings is 1. The third kappa shape index (κ3) is 3.49. The number of carbonyl (C=O) groups is 1. The molecule has 0 fully saturated rings. The van der Waals surface area contributed by atoms with E-state index in [0.717, 1.165) is 10.5 Å². The summed E-state index contributed by atoms with van der Waals surface area (Å²) in [5, 5.41) is 8.54. The fourth-order valence-corrected chi connectivity index (χ4v) is 2.65. The van der Waals surface area contributed by atoms with E-state index >= 15 is 0 Å². The Balaban J connectivity index is 3.03. The maximum Gasteiger partial charge on any atom is 0.337 e. The van der Waals surface area contributed by atoms with Gasteiger partial charge in [-0.1, -0.05) is 0 Å². The quantitative estimate of drug-likeness (QED) is 0.815. The number of methoxy groups -OCH3 is 1. The third-order valence-electron chi connectivity index (χ3n) is 2.66. The smallest absolute Gasteiger partial charge is 0.337 e. The summed E-state index contributed by atoms with van der Waals surface area (Å²) in [7, 11) is -0.848. The molecule has 1 N–H and O–H groups in total. The van der Waals surface area contributed by atoms with Crippen LogP contribution < -0.4 is 0 Å². The number of hydrogen-bond donors (Lipinski definition) is 1. The van der Waals surface area contributed by atoms with Crippen molar-refractivity contribution in [1.82, 2.24) is 9.29 Å². The molecule has 0 aliphatic carbocycles. The van der Waals surface area contributed by atoms with Gasteiger partial charge in [0.05, 0.1) is 12.2 Å². The van der Waals surface area contributed by atoms with Crippen molar-refractivity contribution < 1.29 is 23.1 Å². The molecule has 1 unspecified atom stereocenters. The van der Waals surface area contributed by atoms with Gasteiger partial charge in [-0.3, -0.25) is 0 Å². The van der Waals surface area contributed by atoms with Crippen LogP contribution in [0.5, 0.6) is 0 Å². The van der Waals surface area contributed by atoms with Gasteiger partial charge in [0, 0.05) is 26.4 Å². The van der Waals surface area contributed by atoms with E-state index in [1.807, 2.05) is 0 Å². The van der Waals surface area contributed by atoms with Crippen LogP contribution in [0.4, 0.5) is 0 Å². The summed E-state index contributed by atoms with van der Waals surface area (Å²) in [6.07, 6.45) is 1.02. The van der Waals surface area contributed by atoms with Gasteiger partial charge in [-0.2, -0.15) is 4.31 Å². The van der Waals surface area contributed by atoms with E-state index in [9.17, 15) is 13.2 Å². The number of nitrogens with zero attached hydrogens (tertiary/aromatic N) is 2. The van der Waals surface area contributed by atoms with Crippen molar-refractivity contribution in [1.29, 1.82) is 0 Å². The average molecular weight is 288 g/mol. The van der Waals surface area contributed by atoms with Crippen molar-refractivity contribution in [3.05, 3.63) is 23.9 Å². The molecule has 0 aliphatic heterocycles. The van der Waals surface area contributed by atoms with Crippen molar-refractivity contribution in [2.75, 3.05) is 20.8 Å². The van der Waals surface area contributed by atoms with Gasteiger partial charge in [-0.25, -0.2) is 18.2 Å². The summed E-state index contributed by atoms with van der Waals surface area (Å²) in [4.78, 5) is 14.4. The Morgan fingerprint density at radius 2 is 2.16 bits per heavy atom. The zero-order chi connectivity index (χ0) is 14.6. The molecule has 0 bridgehead atoms. The van der Waals surface area contributed by atoms with E-state index in [1.54, 1.807) is 6.92 Å². The molecular formula is C11H16N2O5S. The number of sulfonamides is 1. The number of hydrogen-bond acceptors (Lipinski definition) is 5. The standard InChI is InChI=1S/C11H16N2O5S/c1-8(7-18-3)13(2)19(16,17)10-5-4-9(6-12-10)11(14)15/h4-6,8H,7H2,1-3H3,(H,14,15). The van der Waals surface area contributed by atoms with Crippen molar-refractivity contribution in [2.45, 2.75) is 18.0 Å². The van der Waals surface area contributed by atoms with Crippen LogP contribution in [0.25, 0.3) is 0 Å². The summed E-state index contributed by atoms with van der Waals surface area (Å²) in [5.74, 6) is -1.16. The van der Waals surface area contributed by atoms with Crippen LogP contribution in [0.15, 0.2) is 23.4 Å². The van der Waals surface area contributed by atoms with E-state index in [1.165, 1.54) is 26.3 Å². The number of ether oxygens (including phenoxy) is 1. The monoisotopic (exact) mass is 288 g/mol. The Bertz CT molecular complexity index is 541. The highest BCUT2D eigenvalue weighted by molar-refractivity contribution is 7.89. The van der Waals surface area contributed by atoms with Gasteiger partial charge >= 0.3 is 5.97 Å². The highest BCUT2D eigenvalue weighted by Crippen LogP contribution is 2.14. The first kappa shape index (κ1) is 15.5. The highest BCUT2D eigenvalue weighted by atomic mass is 32.2. The highest BCUT2D eigenvalue weighted by Gasteiger charge is 2.26. The van der Waals surface area contributed by atoms with E-state index in [0.29, 0.717) is 0 Å². The van der Waals surface area contributed by atoms with Gasteiger partial charge < -0.3 is 9.84 Å². The molecule has 0 saturated carbocycles. The number of carboxylic acid groups (broad SMARTS) is 1. The van der Waals surface area contributed by atoms with Crippen LogP contribution in [-0.2, 0) is 14.8 Å². The second-order valence-corrected chi connectivity index (χ2v) is 5.96. The normalized spacial score (nSPS) is 13.5. The topological polar surface area (TPSA) is 96.8 Å². The summed E-state index contributed by atoms with van der Waals surface area (Å²) in [6.45, 7) is 1.95. The Morgan fingerprint density at radius 1 is 1.53 bits per heavy atom. The number of likely N-dealkylation sites (N-methyl/N-ethyl adjacent to an activating group) is 1. The van der Waals surface area contributed by atoms with Crippen LogP contribution in [-0.4, -0.2) is 55.6 Å². The van der Waals surface area contributed by atoms with Crippen molar-refractivity contribution in [3.63, 3.8) is 0 Å². The number of aromatic nitrogens is 1. The molecule has 19 heavy (non-hydrogen) atoms. The number of aromatic carboxylic acids is 1. The molecule has 8 heteroatoms. The molecule has 0 saturated heterocycles. The lowest BCUT2D eigenvalue weighted by molar-refractivity contribution is 0.0696. The maximum atomic E-state index is 12.2. The average Bonchev–Trinajstić information content (AvgIpc) is 2.38. The molecule has 7 nitrogen and oxygen atoms in total. The van der Waals surface area contributed by atoms with Crippen LogP contribution in [0.3, 0.4) is 0 Å². The second kappa shape index (κ2) is 6.09. The van der Waals surface area contributed by atoms with E-state index in [4.69, 9.17) is 9.84 Å². The van der Waals surface area contributed by atoms with E-state index < -0.39 is 16.0 Å². The maximum absolute atomic E-state index is 12.2. The van der Waals surface area contributed by atoms with Gasteiger partial charge in [0.25, 0.3) is 10.0 Å². The number of carboxylic acids is 1. The minimum atomic E-state index is -3.75. The molecule has 1 heterocycles. The molecule has 0 spiro atoms. The van der Waals surface area contributed by atoms with Gasteiger partial charge in [-0.05, 0) is 19.1 Å². The lowest BCUT2D eigenvalue weighted by atomic mass is 10.3.